The van der Waals surface area contributed by atoms with E-state index in [1.165, 1.54) is 0 Å². The van der Waals surface area contributed by atoms with Gasteiger partial charge in [-0.2, -0.15) is 0 Å². The molecule has 1 N–H and O–H groups in total. The number of amides is 1. The molecular weight excluding hydrogens is 252 g/mol. The molecule has 0 radical (unpaired) electrons. The number of aliphatic hydroxyl groups is 1. The van der Waals surface area contributed by atoms with Crippen LogP contribution in [0.25, 0.3) is 6.08 Å². The second-order valence-corrected chi connectivity index (χ2v) is 5.44. The summed E-state index contributed by atoms with van der Waals surface area (Å²) in [6, 6.07) is 8.06. The molecule has 0 spiro atoms. The molecular formula is C16H22N2O2. The molecule has 108 valence electrons. The quantitative estimate of drug-likeness (QED) is 0.848. The number of hydrogen-bond donors (Lipinski definition) is 1. The Kier molecular flexibility index (Phi) is 4.79. The van der Waals surface area contributed by atoms with Gasteiger partial charge in [0.05, 0.1) is 0 Å². The predicted molar refractivity (Wildman–Crippen MR) is 81.6 cm³/mol. The minimum Gasteiger partial charge on any atom is -0.396 e. The minimum absolute atomic E-state index is 0.0256. The van der Waals surface area contributed by atoms with Crippen LogP contribution in [0.1, 0.15) is 12.0 Å². The van der Waals surface area contributed by atoms with Gasteiger partial charge in [-0.3, -0.25) is 4.79 Å². The highest BCUT2D eigenvalue weighted by Gasteiger charge is 2.23. The van der Waals surface area contributed by atoms with Crippen LogP contribution >= 0.6 is 0 Å². The third kappa shape index (κ3) is 3.61. The van der Waals surface area contributed by atoms with E-state index in [1.54, 1.807) is 11.0 Å². The number of aliphatic hydroxyl groups excluding tert-OH is 1. The normalized spacial score (nSPS) is 18.8. The van der Waals surface area contributed by atoms with Gasteiger partial charge in [0.1, 0.15) is 0 Å². The monoisotopic (exact) mass is 274 g/mol. The zero-order chi connectivity index (χ0) is 14.5. The van der Waals surface area contributed by atoms with Gasteiger partial charge in [-0.25, -0.2) is 0 Å². The van der Waals surface area contributed by atoms with Crippen molar-refractivity contribution >= 4 is 17.7 Å². The minimum atomic E-state index is 0.0256. The number of nitrogens with zero attached hydrogens (tertiary/aromatic N) is 2. The number of likely N-dealkylation sites (tertiary alicyclic amines) is 1. The second kappa shape index (κ2) is 6.57. The van der Waals surface area contributed by atoms with Gasteiger partial charge in [-0.05, 0) is 30.2 Å². The van der Waals surface area contributed by atoms with Crippen molar-refractivity contribution in [3.05, 3.63) is 35.9 Å². The van der Waals surface area contributed by atoms with Gasteiger partial charge in [-0.1, -0.05) is 12.1 Å². The van der Waals surface area contributed by atoms with Crippen LogP contribution in [0, 0.1) is 5.92 Å². The molecule has 20 heavy (non-hydrogen) atoms. The van der Waals surface area contributed by atoms with Crippen molar-refractivity contribution in [3.63, 3.8) is 0 Å². The zero-order valence-corrected chi connectivity index (χ0v) is 12.1. The summed E-state index contributed by atoms with van der Waals surface area (Å²) < 4.78 is 0. The number of carbonyl (C=O) groups excluding carboxylic acids is 1. The molecule has 2 rings (SSSR count). The molecule has 1 aromatic rings. The van der Waals surface area contributed by atoms with E-state index in [-0.39, 0.29) is 18.4 Å². The average molecular weight is 274 g/mol. The Morgan fingerprint density at radius 1 is 1.40 bits per heavy atom. The van der Waals surface area contributed by atoms with E-state index in [4.69, 9.17) is 5.11 Å². The molecule has 1 amide bonds. The van der Waals surface area contributed by atoms with E-state index in [9.17, 15) is 4.79 Å². The molecule has 1 unspecified atom stereocenters. The van der Waals surface area contributed by atoms with Crippen molar-refractivity contribution < 1.29 is 9.90 Å². The van der Waals surface area contributed by atoms with Crippen molar-refractivity contribution in [1.29, 1.82) is 0 Å². The summed E-state index contributed by atoms with van der Waals surface area (Å²) in [6.45, 7) is 1.58. The van der Waals surface area contributed by atoms with Gasteiger partial charge in [0.25, 0.3) is 0 Å². The highest BCUT2D eigenvalue weighted by molar-refractivity contribution is 5.92. The second-order valence-electron chi connectivity index (χ2n) is 5.44. The molecule has 0 bridgehead atoms. The smallest absolute Gasteiger partial charge is 0.246 e. The topological polar surface area (TPSA) is 43.8 Å². The van der Waals surface area contributed by atoms with Crippen molar-refractivity contribution in [1.82, 2.24) is 4.90 Å². The summed E-state index contributed by atoms with van der Waals surface area (Å²) in [7, 11) is 4.00. The molecule has 4 heteroatoms. The maximum absolute atomic E-state index is 12.0. The first-order valence-electron chi connectivity index (χ1n) is 6.95. The van der Waals surface area contributed by atoms with E-state index in [1.807, 2.05) is 49.3 Å². The highest BCUT2D eigenvalue weighted by atomic mass is 16.3. The van der Waals surface area contributed by atoms with Crippen LogP contribution in [0.3, 0.4) is 0 Å². The van der Waals surface area contributed by atoms with E-state index < -0.39 is 0 Å². The third-order valence-electron chi connectivity index (χ3n) is 3.68. The summed E-state index contributed by atoms with van der Waals surface area (Å²) in [5, 5.41) is 9.08. The summed E-state index contributed by atoms with van der Waals surface area (Å²) in [5.41, 5.74) is 2.15. The molecule has 1 aromatic carbocycles. The summed E-state index contributed by atoms with van der Waals surface area (Å²) in [4.78, 5) is 15.8. The fraction of sp³-hybridized carbons (Fsp3) is 0.438. The lowest BCUT2D eigenvalue weighted by Gasteiger charge is -2.13. The van der Waals surface area contributed by atoms with Crippen molar-refractivity contribution in [2.75, 3.05) is 38.7 Å². The van der Waals surface area contributed by atoms with Gasteiger partial charge >= 0.3 is 0 Å². The standard InChI is InChI=1S/C16H22N2O2/c1-17(2)15-6-3-13(4-7-15)5-8-16(20)18-10-9-14(11-18)12-19/h3-8,14,19H,9-12H2,1-2H3. The number of anilines is 1. The SMILES string of the molecule is CN(C)c1ccc(C=CC(=O)N2CCC(CO)C2)cc1. The Bertz CT molecular complexity index is 480. The first-order chi connectivity index (χ1) is 9.60. The van der Waals surface area contributed by atoms with Crippen molar-refractivity contribution in [2.45, 2.75) is 6.42 Å². The summed E-state index contributed by atoms with van der Waals surface area (Å²) in [5.74, 6) is 0.268. The Morgan fingerprint density at radius 3 is 2.65 bits per heavy atom. The fourth-order valence-corrected chi connectivity index (χ4v) is 2.34. The first-order valence-corrected chi connectivity index (χ1v) is 6.95. The van der Waals surface area contributed by atoms with E-state index >= 15 is 0 Å². The van der Waals surface area contributed by atoms with Crippen LogP contribution in [0.2, 0.25) is 0 Å². The van der Waals surface area contributed by atoms with Crippen LogP contribution in [-0.2, 0) is 4.79 Å². The number of carbonyl (C=O) groups is 1. The molecule has 1 aliphatic rings. The molecule has 1 atom stereocenters. The van der Waals surface area contributed by atoms with E-state index in [2.05, 4.69) is 0 Å². The summed E-state index contributed by atoms with van der Waals surface area (Å²) in [6.07, 6.45) is 4.35. The lowest BCUT2D eigenvalue weighted by molar-refractivity contribution is -0.125. The number of benzene rings is 1. The van der Waals surface area contributed by atoms with Gasteiger partial charge < -0.3 is 14.9 Å². The Labute approximate surface area is 120 Å². The molecule has 1 fully saturated rings. The van der Waals surface area contributed by atoms with Gasteiger partial charge in [0.2, 0.25) is 5.91 Å². The maximum atomic E-state index is 12.0. The maximum Gasteiger partial charge on any atom is 0.246 e. The first kappa shape index (κ1) is 14.6. The van der Waals surface area contributed by atoms with Crippen LogP contribution in [0.5, 0.6) is 0 Å². The Morgan fingerprint density at radius 2 is 2.10 bits per heavy atom. The number of hydrogen-bond acceptors (Lipinski definition) is 3. The predicted octanol–water partition coefficient (Wildman–Crippen LogP) is 1.61. The molecule has 1 heterocycles. The van der Waals surface area contributed by atoms with Crippen LogP contribution in [0.15, 0.2) is 30.3 Å². The number of rotatable bonds is 4. The van der Waals surface area contributed by atoms with Crippen LogP contribution < -0.4 is 4.90 Å². The molecule has 1 saturated heterocycles. The zero-order valence-electron chi connectivity index (χ0n) is 12.1. The lowest BCUT2D eigenvalue weighted by atomic mass is 10.1. The molecule has 0 aliphatic carbocycles. The molecule has 0 aromatic heterocycles. The van der Waals surface area contributed by atoms with Gasteiger partial charge in [0.15, 0.2) is 0 Å². The lowest BCUT2D eigenvalue weighted by Crippen LogP contribution is -2.27. The van der Waals surface area contributed by atoms with Crippen molar-refractivity contribution in [3.8, 4) is 0 Å². The highest BCUT2D eigenvalue weighted by Crippen LogP contribution is 2.17. The van der Waals surface area contributed by atoms with E-state index in [0.29, 0.717) is 6.54 Å². The largest absolute Gasteiger partial charge is 0.396 e. The average Bonchev–Trinajstić information content (AvgIpc) is 2.94. The molecule has 1 aliphatic heterocycles. The Hall–Kier alpha value is -1.81. The summed E-state index contributed by atoms with van der Waals surface area (Å²) >= 11 is 0. The fourth-order valence-electron chi connectivity index (χ4n) is 2.34. The Balaban J connectivity index is 1.93. The van der Waals surface area contributed by atoms with Gasteiger partial charge in [0, 0.05) is 51.5 Å². The van der Waals surface area contributed by atoms with Crippen LogP contribution in [-0.4, -0.2) is 49.7 Å². The molecule has 4 nitrogen and oxygen atoms in total. The molecule has 0 saturated carbocycles. The van der Waals surface area contributed by atoms with Crippen molar-refractivity contribution in [2.24, 2.45) is 5.92 Å². The van der Waals surface area contributed by atoms with Crippen LogP contribution in [0.4, 0.5) is 5.69 Å². The van der Waals surface area contributed by atoms with Gasteiger partial charge in [-0.15, -0.1) is 0 Å². The van der Waals surface area contributed by atoms with E-state index in [0.717, 1.165) is 24.2 Å². The third-order valence-corrected chi connectivity index (χ3v) is 3.68.